The summed E-state index contributed by atoms with van der Waals surface area (Å²) in [5, 5.41) is 14.8. The van der Waals surface area contributed by atoms with E-state index in [0.717, 1.165) is 0 Å². The van der Waals surface area contributed by atoms with Gasteiger partial charge in [0.2, 0.25) is 11.8 Å². The van der Waals surface area contributed by atoms with Gasteiger partial charge in [0.1, 0.15) is 6.04 Å². The molecule has 0 bridgehead atoms. The number of nitro groups is 1. The largest absolute Gasteiger partial charge is 0.352 e. The van der Waals surface area contributed by atoms with Crippen molar-refractivity contribution in [3.63, 3.8) is 0 Å². The first-order valence-electron chi connectivity index (χ1n) is 9.36. The summed E-state index contributed by atoms with van der Waals surface area (Å²) in [5.74, 6) is -0.796. The van der Waals surface area contributed by atoms with Crippen molar-refractivity contribution in [3.05, 3.63) is 73.8 Å². The molecule has 2 rings (SSSR count). The van der Waals surface area contributed by atoms with E-state index in [2.05, 4.69) is 5.32 Å². The smallest absolute Gasteiger partial charge is 0.273 e. The van der Waals surface area contributed by atoms with Crippen molar-refractivity contribution in [2.45, 2.75) is 45.8 Å². The standard InChI is InChI=1S/C21H23Cl2N3O4/c1-13(2)24-21(28)14(3)25(12-16-17(22)8-6-9-18(16)23)20(27)11-15-7-4-5-10-19(15)26(29)30/h4-10,13-14H,11-12H2,1-3H3,(H,24,28). The fourth-order valence-corrected chi connectivity index (χ4v) is 3.46. The number of halogens is 2. The van der Waals surface area contributed by atoms with Crippen LogP contribution >= 0.6 is 23.2 Å². The highest BCUT2D eigenvalue weighted by atomic mass is 35.5. The van der Waals surface area contributed by atoms with E-state index in [1.807, 2.05) is 13.8 Å². The zero-order valence-electron chi connectivity index (χ0n) is 16.9. The molecule has 0 saturated carbocycles. The van der Waals surface area contributed by atoms with E-state index < -0.39 is 16.9 Å². The predicted molar refractivity (Wildman–Crippen MR) is 117 cm³/mol. The summed E-state index contributed by atoms with van der Waals surface area (Å²) in [5.41, 5.74) is 0.612. The Bertz CT molecular complexity index is 929. The van der Waals surface area contributed by atoms with Crippen LogP contribution < -0.4 is 5.32 Å². The maximum Gasteiger partial charge on any atom is 0.273 e. The Balaban J connectivity index is 2.38. The number of para-hydroxylation sites is 1. The Morgan fingerprint density at radius 2 is 1.67 bits per heavy atom. The molecule has 2 aromatic rings. The molecule has 2 aromatic carbocycles. The highest BCUT2D eigenvalue weighted by Gasteiger charge is 2.29. The summed E-state index contributed by atoms with van der Waals surface area (Å²) in [6.07, 6.45) is -0.238. The zero-order chi connectivity index (χ0) is 22.4. The molecule has 0 aliphatic rings. The molecule has 0 saturated heterocycles. The third kappa shape index (κ3) is 5.93. The van der Waals surface area contributed by atoms with E-state index >= 15 is 0 Å². The number of amides is 2. The van der Waals surface area contributed by atoms with Gasteiger partial charge in [-0.2, -0.15) is 0 Å². The molecular weight excluding hydrogens is 429 g/mol. The van der Waals surface area contributed by atoms with Crippen molar-refractivity contribution in [3.8, 4) is 0 Å². The number of nitrogens with one attached hydrogen (secondary N) is 1. The molecule has 2 amide bonds. The normalized spacial score (nSPS) is 11.8. The summed E-state index contributed by atoms with van der Waals surface area (Å²) in [7, 11) is 0. The minimum atomic E-state index is -0.838. The average Bonchev–Trinajstić information content (AvgIpc) is 2.67. The summed E-state index contributed by atoms with van der Waals surface area (Å²) in [6, 6.07) is 10.0. The molecule has 0 heterocycles. The van der Waals surface area contributed by atoms with E-state index in [1.54, 1.807) is 31.2 Å². The van der Waals surface area contributed by atoms with Crippen LogP contribution in [0.25, 0.3) is 0 Å². The van der Waals surface area contributed by atoms with Crippen LogP contribution in [0, 0.1) is 10.1 Å². The first kappa shape index (κ1) is 23.6. The first-order valence-corrected chi connectivity index (χ1v) is 10.1. The van der Waals surface area contributed by atoms with Gasteiger partial charge in [-0.05, 0) is 32.9 Å². The number of benzene rings is 2. The molecule has 0 radical (unpaired) electrons. The van der Waals surface area contributed by atoms with Crippen molar-refractivity contribution in [1.82, 2.24) is 10.2 Å². The highest BCUT2D eigenvalue weighted by molar-refractivity contribution is 6.36. The van der Waals surface area contributed by atoms with E-state index in [9.17, 15) is 19.7 Å². The average molecular weight is 452 g/mol. The van der Waals surface area contributed by atoms with Gasteiger partial charge in [0.05, 0.1) is 11.3 Å². The van der Waals surface area contributed by atoms with Crippen LogP contribution in [0.2, 0.25) is 10.0 Å². The third-order valence-electron chi connectivity index (χ3n) is 4.52. The van der Waals surface area contributed by atoms with Gasteiger partial charge in [0, 0.05) is 39.8 Å². The lowest BCUT2D eigenvalue weighted by Crippen LogP contribution is -2.49. The van der Waals surface area contributed by atoms with Gasteiger partial charge in [-0.25, -0.2) is 0 Å². The second-order valence-electron chi connectivity index (χ2n) is 7.12. The summed E-state index contributed by atoms with van der Waals surface area (Å²) in [6.45, 7) is 5.22. The summed E-state index contributed by atoms with van der Waals surface area (Å²) in [4.78, 5) is 37.9. The Morgan fingerprint density at radius 1 is 1.07 bits per heavy atom. The van der Waals surface area contributed by atoms with Crippen molar-refractivity contribution >= 4 is 40.7 Å². The number of carbonyl (C=O) groups excluding carboxylic acids is 2. The number of nitrogens with zero attached hydrogens (tertiary/aromatic N) is 2. The van der Waals surface area contributed by atoms with Crippen LogP contribution in [0.1, 0.15) is 31.9 Å². The van der Waals surface area contributed by atoms with Crippen LogP contribution in [0.4, 0.5) is 5.69 Å². The first-order chi connectivity index (χ1) is 14.1. The number of nitro benzene ring substituents is 1. The lowest BCUT2D eigenvalue weighted by molar-refractivity contribution is -0.385. The SMILES string of the molecule is CC(C)NC(=O)C(C)N(Cc1c(Cl)cccc1Cl)C(=O)Cc1ccccc1[N+](=O)[O-]. The number of rotatable bonds is 8. The molecule has 30 heavy (non-hydrogen) atoms. The maximum atomic E-state index is 13.2. The third-order valence-corrected chi connectivity index (χ3v) is 5.23. The molecule has 9 heteroatoms. The van der Waals surface area contributed by atoms with Gasteiger partial charge in [0.15, 0.2) is 0 Å². The number of hydrogen-bond donors (Lipinski definition) is 1. The van der Waals surface area contributed by atoms with E-state index in [1.165, 1.54) is 23.1 Å². The lowest BCUT2D eigenvalue weighted by atomic mass is 10.1. The predicted octanol–water partition coefficient (Wildman–Crippen LogP) is 4.39. The maximum absolute atomic E-state index is 13.2. The van der Waals surface area contributed by atoms with Gasteiger partial charge in [-0.3, -0.25) is 19.7 Å². The Morgan fingerprint density at radius 3 is 2.23 bits per heavy atom. The molecule has 0 aliphatic carbocycles. The van der Waals surface area contributed by atoms with Gasteiger partial charge < -0.3 is 10.2 Å². The van der Waals surface area contributed by atoms with Gasteiger partial charge in [-0.1, -0.05) is 47.5 Å². The van der Waals surface area contributed by atoms with Crippen molar-refractivity contribution in [2.75, 3.05) is 0 Å². The van der Waals surface area contributed by atoms with E-state index in [4.69, 9.17) is 23.2 Å². The van der Waals surface area contributed by atoms with Crippen molar-refractivity contribution in [2.24, 2.45) is 0 Å². The molecule has 1 atom stereocenters. The molecule has 0 spiro atoms. The highest BCUT2D eigenvalue weighted by Crippen LogP contribution is 2.27. The fourth-order valence-electron chi connectivity index (χ4n) is 2.94. The second-order valence-corrected chi connectivity index (χ2v) is 7.94. The monoisotopic (exact) mass is 451 g/mol. The molecule has 0 aliphatic heterocycles. The minimum Gasteiger partial charge on any atom is -0.352 e. The van der Waals surface area contributed by atoms with E-state index in [0.29, 0.717) is 15.6 Å². The zero-order valence-corrected chi connectivity index (χ0v) is 18.4. The molecule has 0 aromatic heterocycles. The Labute approximate surface area is 185 Å². The topological polar surface area (TPSA) is 92.6 Å². The van der Waals surface area contributed by atoms with Crippen LogP contribution in [-0.4, -0.2) is 33.7 Å². The summed E-state index contributed by atoms with van der Waals surface area (Å²) >= 11 is 12.5. The number of hydrogen-bond acceptors (Lipinski definition) is 4. The Hall–Kier alpha value is -2.64. The molecule has 1 unspecified atom stereocenters. The van der Waals surface area contributed by atoms with Gasteiger partial charge >= 0.3 is 0 Å². The van der Waals surface area contributed by atoms with E-state index in [-0.39, 0.29) is 36.2 Å². The molecule has 0 fully saturated rings. The lowest BCUT2D eigenvalue weighted by Gasteiger charge is -2.30. The van der Waals surface area contributed by atoms with Crippen molar-refractivity contribution in [1.29, 1.82) is 0 Å². The Kier molecular flexibility index (Phi) is 8.20. The molecular formula is C21H23Cl2N3O4. The molecule has 160 valence electrons. The quantitative estimate of drug-likeness (QED) is 0.475. The number of carbonyl (C=O) groups is 2. The molecule has 1 N–H and O–H groups in total. The second kappa shape index (κ2) is 10.4. The fraction of sp³-hybridized carbons (Fsp3) is 0.333. The van der Waals surface area contributed by atoms with Crippen molar-refractivity contribution < 1.29 is 14.5 Å². The van der Waals surface area contributed by atoms with Crippen LogP contribution in [-0.2, 0) is 22.6 Å². The summed E-state index contributed by atoms with van der Waals surface area (Å²) < 4.78 is 0. The van der Waals surface area contributed by atoms with Crippen LogP contribution in [0.3, 0.4) is 0 Å². The van der Waals surface area contributed by atoms with Gasteiger partial charge in [-0.15, -0.1) is 0 Å². The van der Waals surface area contributed by atoms with Crippen LogP contribution in [0.5, 0.6) is 0 Å². The van der Waals surface area contributed by atoms with Gasteiger partial charge in [0.25, 0.3) is 5.69 Å². The minimum absolute atomic E-state index is 0.00927. The molecule has 7 nitrogen and oxygen atoms in total. The van der Waals surface area contributed by atoms with Crippen LogP contribution in [0.15, 0.2) is 42.5 Å².